The molecule has 0 aliphatic carbocycles. The zero-order chi connectivity index (χ0) is 19.3. The van der Waals surface area contributed by atoms with Crippen LogP contribution in [0.1, 0.15) is 18.4 Å². The van der Waals surface area contributed by atoms with E-state index in [2.05, 4.69) is 5.32 Å². The molecule has 2 aromatic carbocycles. The smallest absolute Gasteiger partial charge is 0.243 e. The van der Waals surface area contributed by atoms with Gasteiger partial charge < -0.3 is 5.32 Å². The Hall–Kier alpha value is -1.54. The lowest BCUT2D eigenvalue weighted by molar-refractivity contribution is -0.113. The molecule has 0 atom stereocenters. The second kappa shape index (κ2) is 9.10. The average Bonchev–Trinajstić information content (AvgIpc) is 3.17. The normalized spacial score (nSPS) is 15.0. The zero-order valence-corrected chi connectivity index (χ0v) is 17.1. The van der Waals surface area contributed by atoms with Crippen molar-refractivity contribution in [2.24, 2.45) is 0 Å². The first-order chi connectivity index (χ1) is 12.9. The summed E-state index contributed by atoms with van der Waals surface area (Å²) >= 11 is 7.43. The van der Waals surface area contributed by atoms with Crippen molar-refractivity contribution in [3.8, 4) is 0 Å². The molecule has 5 nitrogen and oxygen atoms in total. The zero-order valence-electron chi connectivity index (χ0n) is 14.7. The number of rotatable bonds is 7. The van der Waals surface area contributed by atoms with Gasteiger partial charge in [-0.05, 0) is 48.7 Å². The molecule has 1 aliphatic heterocycles. The highest BCUT2D eigenvalue weighted by atomic mass is 35.5. The molecular formula is C19H21ClN2O3S2. The number of hydrogen-bond acceptors (Lipinski definition) is 4. The molecule has 3 rings (SSSR count). The average molecular weight is 425 g/mol. The van der Waals surface area contributed by atoms with Crippen molar-refractivity contribution in [3.63, 3.8) is 0 Å². The molecule has 0 saturated carbocycles. The van der Waals surface area contributed by atoms with Gasteiger partial charge in [0.05, 0.1) is 10.6 Å². The molecule has 0 aromatic heterocycles. The fraction of sp³-hybridized carbons (Fsp3) is 0.316. The number of thioether (sulfide) groups is 1. The lowest BCUT2D eigenvalue weighted by Gasteiger charge is -2.16. The van der Waals surface area contributed by atoms with E-state index in [9.17, 15) is 13.2 Å². The maximum atomic E-state index is 12.6. The van der Waals surface area contributed by atoms with Crippen LogP contribution in [0.25, 0.3) is 0 Å². The van der Waals surface area contributed by atoms with Crippen LogP contribution in [0.2, 0.25) is 5.02 Å². The van der Waals surface area contributed by atoms with E-state index in [-0.39, 0.29) is 16.6 Å². The molecule has 1 fully saturated rings. The van der Waals surface area contributed by atoms with E-state index < -0.39 is 10.0 Å². The van der Waals surface area contributed by atoms with E-state index in [4.69, 9.17) is 11.6 Å². The maximum absolute atomic E-state index is 12.6. The first-order valence-corrected chi connectivity index (χ1v) is 11.6. The maximum Gasteiger partial charge on any atom is 0.243 e. The van der Waals surface area contributed by atoms with Gasteiger partial charge in [0.15, 0.2) is 0 Å². The number of hydrogen-bond donors (Lipinski definition) is 1. The molecule has 1 amide bonds. The van der Waals surface area contributed by atoms with Crippen LogP contribution in [0.4, 0.5) is 5.69 Å². The van der Waals surface area contributed by atoms with Crippen LogP contribution in [0.5, 0.6) is 0 Å². The molecule has 0 radical (unpaired) electrons. The summed E-state index contributed by atoms with van der Waals surface area (Å²) < 4.78 is 26.7. The predicted octanol–water partition coefficient (Wildman–Crippen LogP) is 4.00. The first kappa shape index (κ1) is 20.2. The van der Waals surface area contributed by atoms with Gasteiger partial charge in [0.25, 0.3) is 0 Å². The van der Waals surface area contributed by atoms with Crippen LogP contribution < -0.4 is 5.32 Å². The van der Waals surface area contributed by atoms with Crippen molar-refractivity contribution in [2.45, 2.75) is 23.5 Å². The van der Waals surface area contributed by atoms with Gasteiger partial charge in [0.2, 0.25) is 15.9 Å². The molecule has 8 heteroatoms. The minimum Gasteiger partial charge on any atom is -0.325 e. The Bertz CT molecular complexity index is 913. The number of anilines is 1. The fourth-order valence-corrected chi connectivity index (χ4v) is 5.45. The van der Waals surface area contributed by atoms with Crippen LogP contribution in [0.15, 0.2) is 53.4 Å². The summed E-state index contributed by atoms with van der Waals surface area (Å²) in [6.45, 7) is 1.11. The minimum absolute atomic E-state index is 0.169. The summed E-state index contributed by atoms with van der Waals surface area (Å²) in [6, 6.07) is 14.0. The van der Waals surface area contributed by atoms with Crippen molar-refractivity contribution in [2.75, 3.05) is 24.2 Å². The number of carbonyl (C=O) groups excluding carboxylic acids is 1. The monoisotopic (exact) mass is 424 g/mol. The Morgan fingerprint density at radius 2 is 1.85 bits per heavy atom. The van der Waals surface area contributed by atoms with Gasteiger partial charge in [0.1, 0.15) is 0 Å². The Kier molecular flexibility index (Phi) is 6.81. The molecule has 1 saturated heterocycles. The lowest BCUT2D eigenvalue weighted by Crippen LogP contribution is -2.28. The lowest BCUT2D eigenvalue weighted by atomic mass is 10.2. The molecule has 0 bridgehead atoms. The molecule has 1 heterocycles. The standard InChI is InChI=1S/C19H21ClN2O3S2/c20-16-6-3-5-15(11-16)13-26-14-19(23)21-17-7-4-8-18(12-17)27(24,25)22-9-1-2-10-22/h3-8,11-12H,1-2,9-10,13-14H2,(H,21,23). The quantitative estimate of drug-likeness (QED) is 0.729. The van der Waals surface area contributed by atoms with Crippen molar-refractivity contribution in [3.05, 3.63) is 59.1 Å². The van der Waals surface area contributed by atoms with Gasteiger partial charge >= 0.3 is 0 Å². The van der Waals surface area contributed by atoms with Gasteiger partial charge in [-0.25, -0.2) is 8.42 Å². The van der Waals surface area contributed by atoms with Crippen LogP contribution in [-0.2, 0) is 20.6 Å². The highest BCUT2D eigenvalue weighted by Gasteiger charge is 2.27. The molecule has 144 valence electrons. The largest absolute Gasteiger partial charge is 0.325 e. The summed E-state index contributed by atoms with van der Waals surface area (Å²) in [4.78, 5) is 12.4. The summed E-state index contributed by atoms with van der Waals surface area (Å²) in [7, 11) is -3.49. The third-order valence-electron chi connectivity index (χ3n) is 4.21. The Balaban J connectivity index is 1.56. The second-order valence-electron chi connectivity index (χ2n) is 6.31. The predicted molar refractivity (Wildman–Crippen MR) is 111 cm³/mol. The molecular weight excluding hydrogens is 404 g/mol. The number of benzene rings is 2. The van der Waals surface area contributed by atoms with Gasteiger partial charge in [0, 0.05) is 29.6 Å². The molecule has 2 aromatic rings. The molecule has 0 unspecified atom stereocenters. The highest BCUT2D eigenvalue weighted by Crippen LogP contribution is 2.23. The van der Waals surface area contributed by atoms with Crippen LogP contribution in [-0.4, -0.2) is 37.5 Å². The van der Waals surface area contributed by atoms with E-state index in [1.54, 1.807) is 18.2 Å². The minimum atomic E-state index is -3.49. The summed E-state index contributed by atoms with van der Waals surface area (Å²) in [6.07, 6.45) is 1.78. The van der Waals surface area contributed by atoms with Gasteiger partial charge in [-0.15, -0.1) is 11.8 Å². The third kappa shape index (κ3) is 5.48. The van der Waals surface area contributed by atoms with Gasteiger partial charge in [-0.1, -0.05) is 29.8 Å². The van der Waals surface area contributed by atoms with E-state index in [1.807, 2.05) is 24.3 Å². The number of nitrogens with zero attached hydrogens (tertiary/aromatic N) is 1. The topological polar surface area (TPSA) is 66.5 Å². The second-order valence-corrected chi connectivity index (χ2v) is 9.67. The number of carbonyl (C=O) groups is 1. The van der Waals surface area contributed by atoms with Crippen molar-refractivity contribution < 1.29 is 13.2 Å². The molecule has 27 heavy (non-hydrogen) atoms. The SMILES string of the molecule is O=C(CSCc1cccc(Cl)c1)Nc1cccc(S(=O)(=O)N2CCCC2)c1. The van der Waals surface area contributed by atoms with E-state index in [1.165, 1.54) is 22.1 Å². The summed E-state index contributed by atoms with van der Waals surface area (Å²) in [5, 5.41) is 3.45. The summed E-state index contributed by atoms with van der Waals surface area (Å²) in [5.41, 5.74) is 1.54. The van der Waals surface area contributed by atoms with Crippen molar-refractivity contribution in [1.29, 1.82) is 0 Å². The van der Waals surface area contributed by atoms with Crippen molar-refractivity contribution in [1.82, 2.24) is 4.31 Å². The number of halogens is 1. The number of amides is 1. The fourth-order valence-electron chi connectivity index (χ4n) is 2.90. The number of sulfonamides is 1. The van der Waals surface area contributed by atoms with Crippen LogP contribution in [0.3, 0.4) is 0 Å². The van der Waals surface area contributed by atoms with Crippen LogP contribution in [0, 0.1) is 0 Å². The Morgan fingerprint density at radius 3 is 2.59 bits per heavy atom. The molecule has 1 aliphatic rings. The Morgan fingerprint density at radius 1 is 1.11 bits per heavy atom. The van der Waals surface area contributed by atoms with Gasteiger partial charge in [-0.3, -0.25) is 4.79 Å². The third-order valence-corrected chi connectivity index (χ3v) is 7.35. The summed E-state index contributed by atoms with van der Waals surface area (Å²) in [5.74, 6) is 0.783. The molecule has 0 spiro atoms. The van der Waals surface area contributed by atoms with Crippen molar-refractivity contribution >= 4 is 45.0 Å². The van der Waals surface area contributed by atoms with E-state index in [0.29, 0.717) is 29.6 Å². The number of nitrogens with one attached hydrogen (secondary N) is 1. The molecule has 1 N–H and O–H groups in total. The van der Waals surface area contributed by atoms with E-state index in [0.717, 1.165) is 18.4 Å². The Labute approximate surface area is 169 Å². The van der Waals surface area contributed by atoms with Crippen LogP contribution >= 0.6 is 23.4 Å². The van der Waals surface area contributed by atoms with Gasteiger partial charge in [-0.2, -0.15) is 4.31 Å². The highest BCUT2D eigenvalue weighted by molar-refractivity contribution is 7.99. The van der Waals surface area contributed by atoms with E-state index >= 15 is 0 Å². The first-order valence-electron chi connectivity index (χ1n) is 8.67.